The summed E-state index contributed by atoms with van der Waals surface area (Å²) >= 11 is 0. The van der Waals surface area contributed by atoms with Gasteiger partial charge in [0, 0.05) is 24.8 Å². The molecular weight excluding hydrogens is 394 g/mol. The van der Waals surface area contributed by atoms with E-state index in [2.05, 4.69) is 17.2 Å². The minimum Gasteiger partial charge on any atom is -0.481 e. The summed E-state index contributed by atoms with van der Waals surface area (Å²) in [7, 11) is 0. The number of carboxylic acid groups (broad SMARTS) is 1. The first-order valence-corrected chi connectivity index (χ1v) is 11.9. The zero-order chi connectivity index (χ0) is 21.8. The Kier molecular flexibility index (Phi) is 5.07. The van der Waals surface area contributed by atoms with Gasteiger partial charge in [-0.1, -0.05) is 17.7 Å². The fourth-order valence-corrected chi connectivity index (χ4v) is 7.61. The predicted molar refractivity (Wildman–Crippen MR) is 113 cm³/mol. The van der Waals surface area contributed by atoms with Crippen molar-refractivity contribution < 1.29 is 19.8 Å². The van der Waals surface area contributed by atoms with Crippen molar-refractivity contribution in [2.75, 3.05) is 0 Å². The molecule has 4 aliphatic carbocycles. The molecule has 0 aromatic carbocycles. The van der Waals surface area contributed by atoms with Gasteiger partial charge in [-0.05, 0) is 81.1 Å². The van der Waals surface area contributed by atoms with Crippen molar-refractivity contribution in [1.29, 1.82) is 0 Å². The minimum atomic E-state index is -0.980. The van der Waals surface area contributed by atoms with E-state index in [9.17, 15) is 14.7 Å². The van der Waals surface area contributed by atoms with Gasteiger partial charge in [0.1, 0.15) is 11.3 Å². The number of carbonyl (C=O) groups excluding carboxylic acids is 1. The number of aliphatic carboxylic acids is 1. The fourth-order valence-electron chi connectivity index (χ4n) is 7.61. The SMILES string of the molecule is C[C@]12CCC3C4CCC(=O)C=C4CCC3C1CC[C@@]2(O)c1cn(CCCC(=O)O)nn1. The van der Waals surface area contributed by atoms with Gasteiger partial charge < -0.3 is 10.2 Å². The maximum atomic E-state index is 11.9. The second kappa shape index (κ2) is 7.54. The number of carbonyl (C=O) groups is 2. The Balaban J connectivity index is 1.36. The van der Waals surface area contributed by atoms with Crippen LogP contribution in [0.15, 0.2) is 17.8 Å². The van der Waals surface area contributed by atoms with E-state index in [1.54, 1.807) is 4.68 Å². The summed E-state index contributed by atoms with van der Waals surface area (Å²) in [5, 5.41) is 29.3. The second-order valence-electron chi connectivity index (χ2n) is 10.5. The Labute approximate surface area is 182 Å². The van der Waals surface area contributed by atoms with E-state index in [1.807, 2.05) is 12.3 Å². The lowest BCUT2D eigenvalue weighted by Gasteiger charge is -2.55. The highest BCUT2D eigenvalue weighted by molar-refractivity contribution is 5.91. The third-order valence-corrected chi connectivity index (χ3v) is 9.19. The van der Waals surface area contributed by atoms with Crippen LogP contribution in [0.1, 0.15) is 76.8 Å². The molecule has 3 saturated carbocycles. The van der Waals surface area contributed by atoms with Crippen LogP contribution in [0.25, 0.3) is 0 Å². The lowest BCUT2D eigenvalue weighted by Crippen LogP contribution is -2.51. The molecule has 4 aliphatic rings. The Bertz CT molecular complexity index is 924. The summed E-state index contributed by atoms with van der Waals surface area (Å²) in [6.45, 7) is 2.75. The Morgan fingerprint density at radius 1 is 1.19 bits per heavy atom. The average molecular weight is 428 g/mol. The molecular formula is C24H33N3O4. The zero-order valence-electron chi connectivity index (χ0n) is 18.3. The van der Waals surface area contributed by atoms with Crippen LogP contribution in [0.4, 0.5) is 0 Å². The molecule has 0 bridgehead atoms. The molecule has 1 aromatic heterocycles. The van der Waals surface area contributed by atoms with Gasteiger partial charge in [0.05, 0.1) is 6.20 Å². The number of aliphatic hydroxyl groups is 1. The molecule has 0 spiro atoms. The molecule has 0 aliphatic heterocycles. The lowest BCUT2D eigenvalue weighted by molar-refractivity contribution is -0.137. The molecule has 168 valence electrons. The molecule has 6 atom stereocenters. The highest BCUT2D eigenvalue weighted by Crippen LogP contribution is 2.67. The van der Waals surface area contributed by atoms with Gasteiger partial charge in [-0.2, -0.15) is 0 Å². The Hall–Kier alpha value is -2.02. The third kappa shape index (κ3) is 3.27. The Morgan fingerprint density at radius 2 is 2.03 bits per heavy atom. The molecule has 0 amide bonds. The van der Waals surface area contributed by atoms with Crippen molar-refractivity contribution in [3.8, 4) is 0 Å². The number of aryl methyl sites for hydroxylation is 1. The largest absolute Gasteiger partial charge is 0.481 e. The quantitative estimate of drug-likeness (QED) is 0.745. The molecule has 4 unspecified atom stereocenters. The number of hydrogen-bond donors (Lipinski definition) is 2. The molecule has 2 N–H and O–H groups in total. The number of allylic oxidation sites excluding steroid dienone is 1. The van der Waals surface area contributed by atoms with Crippen LogP contribution in [0.3, 0.4) is 0 Å². The van der Waals surface area contributed by atoms with Crippen LogP contribution in [-0.4, -0.2) is 37.0 Å². The smallest absolute Gasteiger partial charge is 0.303 e. The molecule has 0 saturated heterocycles. The number of fused-ring (bicyclic) bond motifs is 5. The van der Waals surface area contributed by atoms with Gasteiger partial charge in [0.2, 0.25) is 0 Å². The monoisotopic (exact) mass is 427 g/mol. The van der Waals surface area contributed by atoms with Crippen LogP contribution in [0, 0.1) is 29.1 Å². The van der Waals surface area contributed by atoms with E-state index in [4.69, 9.17) is 5.11 Å². The summed E-state index contributed by atoms with van der Waals surface area (Å²) in [5.74, 6) is 1.76. The average Bonchev–Trinajstić information content (AvgIpc) is 3.31. The van der Waals surface area contributed by atoms with Crippen LogP contribution in [-0.2, 0) is 21.7 Å². The standard InChI is InChI=1S/C24H33N3O4/c1-23-10-8-18-17-7-5-16(28)13-15(17)4-6-19(18)20(23)9-11-24(23,31)21-14-27(26-25-21)12-2-3-22(29)30/h13-14,17-20,31H,2-12H2,1H3,(H,29,30)/t17?,18?,19?,20?,23-,24+/m0/s1. The maximum absolute atomic E-state index is 11.9. The molecule has 7 heteroatoms. The fraction of sp³-hybridized carbons (Fsp3) is 0.750. The third-order valence-electron chi connectivity index (χ3n) is 9.19. The Morgan fingerprint density at radius 3 is 2.84 bits per heavy atom. The molecule has 5 rings (SSSR count). The highest BCUT2D eigenvalue weighted by atomic mass is 16.4. The van der Waals surface area contributed by atoms with E-state index in [0.29, 0.717) is 61.0 Å². The number of nitrogens with zero attached hydrogens (tertiary/aromatic N) is 3. The van der Waals surface area contributed by atoms with Crippen molar-refractivity contribution in [2.45, 2.75) is 83.3 Å². The highest BCUT2D eigenvalue weighted by Gasteiger charge is 2.63. The molecule has 31 heavy (non-hydrogen) atoms. The molecule has 1 aromatic rings. The topological polar surface area (TPSA) is 105 Å². The van der Waals surface area contributed by atoms with Crippen LogP contribution < -0.4 is 0 Å². The van der Waals surface area contributed by atoms with Crippen LogP contribution in [0.2, 0.25) is 0 Å². The number of hydrogen-bond acceptors (Lipinski definition) is 5. The first-order chi connectivity index (χ1) is 14.8. The normalized spacial score (nSPS) is 39.4. The molecule has 0 radical (unpaired) electrons. The van der Waals surface area contributed by atoms with Gasteiger partial charge in [-0.3, -0.25) is 14.3 Å². The zero-order valence-corrected chi connectivity index (χ0v) is 18.3. The van der Waals surface area contributed by atoms with Crippen molar-refractivity contribution in [3.05, 3.63) is 23.5 Å². The molecule has 1 heterocycles. The van der Waals surface area contributed by atoms with E-state index in [1.165, 1.54) is 5.57 Å². The first-order valence-electron chi connectivity index (χ1n) is 11.9. The van der Waals surface area contributed by atoms with Crippen molar-refractivity contribution in [3.63, 3.8) is 0 Å². The summed E-state index contributed by atoms with van der Waals surface area (Å²) in [6.07, 6.45) is 12.0. The van der Waals surface area contributed by atoms with E-state index < -0.39 is 11.6 Å². The summed E-state index contributed by atoms with van der Waals surface area (Å²) in [4.78, 5) is 22.7. The van der Waals surface area contributed by atoms with Gasteiger partial charge in [0.15, 0.2) is 5.78 Å². The van der Waals surface area contributed by atoms with Crippen LogP contribution in [0.5, 0.6) is 0 Å². The summed E-state index contributed by atoms with van der Waals surface area (Å²) in [5.41, 5.74) is 0.832. The molecule has 7 nitrogen and oxygen atoms in total. The van der Waals surface area contributed by atoms with Crippen molar-refractivity contribution >= 4 is 11.8 Å². The van der Waals surface area contributed by atoms with Gasteiger partial charge >= 0.3 is 5.97 Å². The first kappa shape index (κ1) is 20.9. The minimum absolute atomic E-state index is 0.103. The summed E-state index contributed by atoms with van der Waals surface area (Å²) < 4.78 is 1.68. The summed E-state index contributed by atoms with van der Waals surface area (Å²) in [6, 6.07) is 0. The van der Waals surface area contributed by atoms with Gasteiger partial charge in [-0.25, -0.2) is 0 Å². The predicted octanol–water partition coefficient (Wildman–Crippen LogP) is 3.47. The van der Waals surface area contributed by atoms with Gasteiger partial charge in [-0.15, -0.1) is 5.10 Å². The number of rotatable bonds is 5. The number of carboxylic acids is 1. The van der Waals surface area contributed by atoms with Crippen molar-refractivity contribution in [1.82, 2.24) is 15.0 Å². The van der Waals surface area contributed by atoms with Crippen molar-refractivity contribution in [2.24, 2.45) is 29.1 Å². The van der Waals surface area contributed by atoms with Gasteiger partial charge in [0.25, 0.3) is 0 Å². The lowest BCUT2D eigenvalue weighted by atomic mass is 9.50. The maximum Gasteiger partial charge on any atom is 0.303 e. The number of ketones is 1. The van der Waals surface area contributed by atoms with E-state index >= 15 is 0 Å². The van der Waals surface area contributed by atoms with Crippen LogP contribution >= 0.6 is 0 Å². The van der Waals surface area contributed by atoms with E-state index in [0.717, 1.165) is 38.5 Å². The second-order valence-corrected chi connectivity index (χ2v) is 10.5. The molecule has 3 fully saturated rings. The van der Waals surface area contributed by atoms with E-state index in [-0.39, 0.29) is 11.8 Å². The number of aromatic nitrogens is 3.